The molecule has 7 heteroatoms. The van der Waals surface area contributed by atoms with Gasteiger partial charge in [0, 0.05) is 22.7 Å². The summed E-state index contributed by atoms with van der Waals surface area (Å²) in [6.07, 6.45) is -0.698. The Morgan fingerprint density at radius 1 is 1.50 bits per heavy atom. The summed E-state index contributed by atoms with van der Waals surface area (Å²) >= 11 is 1.59. The molecule has 0 spiro atoms. The highest BCUT2D eigenvalue weighted by Crippen LogP contribution is 2.24. The number of aliphatic carboxylic acids is 1. The van der Waals surface area contributed by atoms with Crippen LogP contribution in [0.15, 0.2) is 12.1 Å². The van der Waals surface area contributed by atoms with Crippen LogP contribution in [0.3, 0.4) is 0 Å². The summed E-state index contributed by atoms with van der Waals surface area (Å²) in [7, 11) is 0. The molecule has 1 aromatic rings. The van der Waals surface area contributed by atoms with Crippen LogP contribution in [-0.2, 0) is 4.79 Å². The smallest absolute Gasteiger partial charge is 0.326 e. The van der Waals surface area contributed by atoms with Gasteiger partial charge in [-0.1, -0.05) is 0 Å². The first-order valence-corrected chi connectivity index (χ1v) is 7.24. The zero-order chi connectivity index (χ0) is 14.9. The standard InChI is InChI=1S/C13H18N2O4S/c1-7-3-4-11(20-7)8(2)14-13(19)15-6-9(16)5-10(15)12(17)18/h3-4,8-10,16H,5-6H2,1-2H3,(H,14,19)(H,17,18)/t8?,9-,10-/m1/s1. The highest BCUT2D eigenvalue weighted by atomic mass is 32.1. The van der Waals surface area contributed by atoms with Crippen LogP contribution in [0.5, 0.6) is 0 Å². The van der Waals surface area contributed by atoms with Crippen molar-refractivity contribution in [2.75, 3.05) is 6.54 Å². The molecule has 2 amide bonds. The van der Waals surface area contributed by atoms with Gasteiger partial charge in [0.1, 0.15) is 6.04 Å². The number of hydrogen-bond donors (Lipinski definition) is 3. The Morgan fingerprint density at radius 2 is 2.20 bits per heavy atom. The van der Waals surface area contributed by atoms with Crippen molar-refractivity contribution in [3.8, 4) is 0 Å². The van der Waals surface area contributed by atoms with E-state index in [9.17, 15) is 14.7 Å². The summed E-state index contributed by atoms with van der Waals surface area (Å²) < 4.78 is 0. The number of nitrogens with one attached hydrogen (secondary N) is 1. The van der Waals surface area contributed by atoms with Crippen molar-refractivity contribution in [1.29, 1.82) is 0 Å². The van der Waals surface area contributed by atoms with Gasteiger partial charge < -0.3 is 20.4 Å². The van der Waals surface area contributed by atoms with E-state index in [2.05, 4.69) is 5.32 Å². The number of amides is 2. The van der Waals surface area contributed by atoms with Crippen molar-refractivity contribution in [1.82, 2.24) is 10.2 Å². The monoisotopic (exact) mass is 298 g/mol. The van der Waals surface area contributed by atoms with Crippen LogP contribution >= 0.6 is 11.3 Å². The number of rotatable bonds is 3. The number of aryl methyl sites for hydroxylation is 1. The normalized spacial score (nSPS) is 23.6. The molecule has 2 rings (SSSR count). The number of aliphatic hydroxyl groups is 1. The lowest BCUT2D eigenvalue weighted by Gasteiger charge is -2.23. The predicted octanol–water partition coefficient (Wildman–Crippen LogP) is 1.35. The zero-order valence-electron chi connectivity index (χ0n) is 11.4. The minimum atomic E-state index is -1.09. The molecule has 1 aliphatic heterocycles. The Morgan fingerprint density at radius 3 is 2.75 bits per heavy atom. The van der Waals surface area contributed by atoms with Gasteiger partial charge in [-0.3, -0.25) is 0 Å². The summed E-state index contributed by atoms with van der Waals surface area (Å²) in [6, 6.07) is 2.32. The number of thiophene rings is 1. The number of hydrogen-bond acceptors (Lipinski definition) is 4. The number of β-amino-alcohol motifs (C(OH)–C–C–N with tert-alkyl or cyclic N) is 1. The van der Waals surface area contributed by atoms with Gasteiger partial charge in [-0.05, 0) is 26.0 Å². The van der Waals surface area contributed by atoms with Crippen LogP contribution in [0.25, 0.3) is 0 Å². The maximum absolute atomic E-state index is 12.1. The molecule has 0 bridgehead atoms. The Labute approximate surface area is 121 Å². The molecule has 1 saturated heterocycles. The summed E-state index contributed by atoms with van der Waals surface area (Å²) in [6.45, 7) is 3.89. The van der Waals surface area contributed by atoms with E-state index in [0.717, 1.165) is 9.75 Å². The fourth-order valence-corrected chi connectivity index (χ4v) is 3.18. The number of likely N-dealkylation sites (tertiary alicyclic amines) is 1. The molecule has 0 radical (unpaired) electrons. The van der Waals surface area contributed by atoms with Crippen molar-refractivity contribution in [3.63, 3.8) is 0 Å². The van der Waals surface area contributed by atoms with E-state index in [1.54, 1.807) is 11.3 Å². The minimum absolute atomic E-state index is 0.0546. The molecule has 0 aromatic carbocycles. The van der Waals surface area contributed by atoms with Gasteiger partial charge in [-0.15, -0.1) is 11.3 Å². The molecule has 6 nitrogen and oxygen atoms in total. The largest absolute Gasteiger partial charge is 0.480 e. The first-order chi connectivity index (χ1) is 9.38. The van der Waals surface area contributed by atoms with E-state index in [0.29, 0.717) is 0 Å². The molecule has 20 heavy (non-hydrogen) atoms. The topological polar surface area (TPSA) is 89.9 Å². The van der Waals surface area contributed by atoms with Crippen LogP contribution in [0.4, 0.5) is 4.79 Å². The summed E-state index contributed by atoms with van der Waals surface area (Å²) in [4.78, 5) is 26.6. The lowest BCUT2D eigenvalue weighted by atomic mass is 10.2. The lowest BCUT2D eigenvalue weighted by molar-refractivity contribution is -0.141. The van der Waals surface area contributed by atoms with E-state index in [-0.39, 0.29) is 19.0 Å². The molecule has 3 atom stereocenters. The predicted molar refractivity (Wildman–Crippen MR) is 74.8 cm³/mol. The van der Waals surface area contributed by atoms with Crippen molar-refractivity contribution in [2.24, 2.45) is 0 Å². The van der Waals surface area contributed by atoms with Crippen molar-refractivity contribution < 1.29 is 19.8 Å². The highest BCUT2D eigenvalue weighted by Gasteiger charge is 2.39. The molecule has 0 aliphatic carbocycles. The number of aliphatic hydroxyl groups excluding tert-OH is 1. The van der Waals surface area contributed by atoms with Crippen molar-refractivity contribution >= 4 is 23.3 Å². The van der Waals surface area contributed by atoms with Gasteiger partial charge in [0.05, 0.1) is 12.1 Å². The van der Waals surface area contributed by atoms with Crippen LogP contribution in [0.1, 0.15) is 29.1 Å². The Bertz CT molecular complexity index is 516. The van der Waals surface area contributed by atoms with E-state index in [4.69, 9.17) is 5.11 Å². The van der Waals surface area contributed by atoms with Gasteiger partial charge >= 0.3 is 12.0 Å². The first-order valence-electron chi connectivity index (χ1n) is 6.43. The molecule has 1 fully saturated rings. The summed E-state index contributed by atoms with van der Waals surface area (Å²) in [5, 5.41) is 21.4. The molecule has 3 N–H and O–H groups in total. The Hall–Kier alpha value is -1.60. The van der Waals surface area contributed by atoms with Crippen LogP contribution in [0, 0.1) is 6.92 Å². The molecular formula is C13H18N2O4S. The van der Waals surface area contributed by atoms with Gasteiger partial charge in [-0.25, -0.2) is 9.59 Å². The van der Waals surface area contributed by atoms with Gasteiger partial charge in [0.25, 0.3) is 0 Å². The minimum Gasteiger partial charge on any atom is -0.480 e. The number of carbonyl (C=O) groups excluding carboxylic acids is 1. The maximum atomic E-state index is 12.1. The summed E-state index contributed by atoms with van der Waals surface area (Å²) in [5.74, 6) is -1.09. The molecule has 0 saturated carbocycles. The molecule has 1 aromatic heterocycles. The fraction of sp³-hybridized carbons (Fsp3) is 0.538. The van der Waals surface area contributed by atoms with E-state index in [1.165, 1.54) is 4.90 Å². The fourth-order valence-electron chi connectivity index (χ4n) is 2.30. The zero-order valence-corrected chi connectivity index (χ0v) is 12.2. The third kappa shape index (κ3) is 3.10. The van der Waals surface area contributed by atoms with E-state index in [1.807, 2.05) is 26.0 Å². The van der Waals surface area contributed by atoms with Crippen LogP contribution in [-0.4, -0.2) is 45.8 Å². The summed E-state index contributed by atoms with van der Waals surface area (Å²) in [5.41, 5.74) is 0. The third-order valence-electron chi connectivity index (χ3n) is 3.35. The SMILES string of the molecule is Cc1ccc(C(C)NC(=O)N2C[C@H](O)C[C@@H]2C(=O)O)s1. The highest BCUT2D eigenvalue weighted by molar-refractivity contribution is 7.12. The molecule has 1 aliphatic rings. The van der Waals surface area contributed by atoms with Crippen LogP contribution < -0.4 is 5.32 Å². The quantitative estimate of drug-likeness (QED) is 0.785. The maximum Gasteiger partial charge on any atom is 0.326 e. The second-order valence-electron chi connectivity index (χ2n) is 5.02. The third-order valence-corrected chi connectivity index (χ3v) is 4.54. The Kier molecular flexibility index (Phi) is 4.29. The average Bonchev–Trinajstić information content (AvgIpc) is 2.95. The van der Waals surface area contributed by atoms with Gasteiger partial charge in [0.2, 0.25) is 0 Å². The lowest BCUT2D eigenvalue weighted by Crippen LogP contribution is -2.46. The Balaban J connectivity index is 2.02. The second-order valence-corrected chi connectivity index (χ2v) is 6.33. The van der Waals surface area contributed by atoms with Crippen molar-refractivity contribution in [3.05, 3.63) is 21.9 Å². The molecule has 1 unspecified atom stereocenters. The number of carbonyl (C=O) groups is 2. The van der Waals surface area contributed by atoms with E-state index >= 15 is 0 Å². The second kappa shape index (κ2) is 5.80. The number of carboxylic acid groups (broad SMARTS) is 1. The number of nitrogens with zero attached hydrogens (tertiary/aromatic N) is 1. The molecule has 110 valence electrons. The van der Waals surface area contributed by atoms with Crippen molar-refractivity contribution in [2.45, 2.75) is 38.5 Å². The number of urea groups is 1. The number of carboxylic acids is 1. The molecule has 2 heterocycles. The average molecular weight is 298 g/mol. The van der Waals surface area contributed by atoms with Gasteiger partial charge in [0.15, 0.2) is 0 Å². The van der Waals surface area contributed by atoms with E-state index < -0.39 is 24.1 Å². The van der Waals surface area contributed by atoms with Gasteiger partial charge in [-0.2, -0.15) is 0 Å². The van der Waals surface area contributed by atoms with Crippen LogP contribution in [0.2, 0.25) is 0 Å². The first kappa shape index (κ1) is 14.8. The molecular weight excluding hydrogens is 280 g/mol.